The van der Waals surface area contributed by atoms with Crippen molar-refractivity contribution in [1.82, 2.24) is 0 Å². The van der Waals surface area contributed by atoms with Crippen molar-refractivity contribution in [1.29, 1.82) is 0 Å². The van der Waals surface area contributed by atoms with Gasteiger partial charge in [0.05, 0.1) is 12.7 Å². The van der Waals surface area contributed by atoms with Crippen molar-refractivity contribution in [3.05, 3.63) is 12.2 Å². The van der Waals surface area contributed by atoms with Gasteiger partial charge in [0.2, 0.25) is 0 Å². The van der Waals surface area contributed by atoms with Crippen LogP contribution in [0.15, 0.2) is 12.2 Å². The maximum absolute atomic E-state index is 5.45. The SMILES string of the molecule is CC(C)[C@@H]1C=CCCO1. The second-order valence-electron chi connectivity index (χ2n) is 2.80. The highest BCUT2D eigenvalue weighted by atomic mass is 16.5. The van der Waals surface area contributed by atoms with E-state index in [-0.39, 0.29) is 0 Å². The monoisotopic (exact) mass is 126 g/mol. The highest BCUT2D eigenvalue weighted by Crippen LogP contribution is 2.12. The summed E-state index contributed by atoms with van der Waals surface area (Å²) in [6, 6.07) is 0. The predicted octanol–water partition coefficient (Wildman–Crippen LogP) is 1.99. The van der Waals surface area contributed by atoms with E-state index < -0.39 is 0 Å². The summed E-state index contributed by atoms with van der Waals surface area (Å²) in [5.41, 5.74) is 0. The van der Waals surface area contributed by atoms with Gasteiger partial charge in [0.1, 0.15) is 0 Å². The molecule has 9 heavy (non-hydrogen) atoms. The molecule has 0 N–H and O–H groups in total. The molecular weight excluding hydrogens is 112 g/mol. The molecule has 1 heterocycles. The Bertz CT molecular complexity index is 105. The van der Waals surface area contributed by atoms with Crippen LogP contribution in [0.4, 0.5) is 0 Å². The number of hydrogen-bond acceptors (Lipinski definition) is 1. The van der Waals surface area contributed by atoms with Crippen molar-refractivity contribution >= 4 is 0 Å². The Balaban J connectivity index is 2.40. The second-order valence-corrected chi connectivity index (χ2v) is 2.80. The Labute approximate surface area is 56.7 Å². The summed E-state index contributed by atoms with van der Waals surface area (Å²) in [5.74, 6) is 0.626. The molecule has 0 aromatic carbocycles. The van der Waals surface area contributed by atoms with Crippen molar-refractivity contribution in [2.24, 2.45) is 5.92 Å². The number of ether oxygens (including phenoxy) is 1. The fourth-order valence-electron chi connectivity index (χ4n) is 0.973. The van der Waals surface area contributed by atoms with Crippen molar-refractivity contribution < 1.29 is 4.74 Å². The molecule has 0 fully saturated rings. The molecule has 0 saturated heterocycles. The van der Waals surface area contributed by atoms with Gasteiger partial charge in [0, 0.05) is 0 Å². The van der Waals surface area contributed by atoms with Crippen LogP contribution in [0.1, 0.15) is 20.3 Å². The maximum atomic E-state index is 5.45. The lowest BCUT2D eigenvalue weighted by Crippen LogP contribution is -2.20. The first-order chi connectivity index (χ1) is 4.30. The van der Waals surface area contributed by atoms with Crippen LogP contribution in [0.5, 0.6) is 0 Å². The average molecular weight is 126 g/mol. The number of rotatable bonds is 1. The van der Waals surface area contributed by atoms with Crippen LogP contribution in [-0.2, 0) is 4.74 Å². The summed E-state index contributed by atoms with van der Waals surface area (Å²) in [6.45, 7) is 5.26. The molecule has 0 amide bonds. The van der Waals surface area contributed by atoms with Crippen molar-refractivity contribution in [3.63, 3.8) is 0 Å². The van der Waals surface area contributed by atoms with Crippen LogP contribution in [0.25, 0.3) is 0 Å². The Morgan fingerprint density at radius 3 is 2.67 bits per heavy atom. The van der Waals surface area contributed by atoms with Crippen molar-refractivity contribution in [3.8, 4) is 0 Å². The van der Waals surface area contributed by atoms with Crippen LogP contribution in [0.2, 0.25) is 0 Å². The van der Waals surface area contributed by atoms with E-state index in [1.807, 2.05) is 0 Å². The topological polar surface area (TPSA) is 9.23 Å². The van der Waals surface area contributed by atoms with E-state index in [2.05, 4.69) is 26.0 Å². The van der Waals surface area contributed by atoms with Crippen molar-refractivity contribution in [2.45, 2.75) is 26.4 Å². The third-order valence-electron chi connectivity index (χ3n) is 1.58. The van der Waals surface area contributed by atoms with Crippen LogP contribution in [0, 0.1) is 5.92 Å². The normalized spacial score (nSPS) is 27.2. The number of hydrogen-bond donors (Lipinski definition) is 0. The van der Waals surface area contributed by atoms with E-state index in [0.717, 1.165) is 13.0 Å². The van der Waals surface area contributed by atoms with Crippen LogP contribution in [0.3, 0.4) is 0 Å². The molecule has 1 atom stereocenters. The van der Waals surface area contributed by atoms with E-state index >= 15 is 0 Å². The minimum Gasteiger partial charge on any atom is -0.374 e. The standard InChI is InChI=1S/C8H14O/c1-7(2)8-5-3-4-6-9-8/h3,5,7-8H,4,6H2,1-2H3/t8-/m0/s1. The molecular formula is C8H14O. The molecule has 1 rings (SSSR count). The van der Waals surface area contributed by atoms with Gasteiger partial charge in [-0.2, -0.15) is 0 Å². The fraction of sp³-hybridized carbons (Fsp3) is 0.750. The molecule has 0 spiro atoms. The molecule has 1 heteroatoms. The summed E-state index contributed by atoms with van der Waals surface area (Å²) >= 11 is 0. The van der Waals surface area contributed by atoms with Crippen LogP contribution in [-0.4, -0.2) is 12.7 Å². The summed E-state index contributed by atoms with van der Waals surface area (Å²) in [6.07, 6.45) is 5.82. The van der Waals surface area contributed by atoms with Gasteiger partial charge in [-0.05, 0) is 12.3 Å². The molecule has 0 aromatic rings. The highest BCUT2D eigenvalue weighted by Gasteiger charge is 2.11. The van der Waals surface area contributed by atoms with Gasteiger partial charge in [0.25, 0.3) is 0 Å². The molecule has 0 aromatic heterocycles. The molecule has 52 valence electrons. The van der Waals surface area contributed by atoms with E-state index in [0.29, 0.717) is 12.0 Å². The predicted molar refractivity (Wildman–Crippen MR) is 38.3 cm³/mol. The maximum Gasteiger partial charge on any atom is 0.0778 e. The minimum absolute atomic E-state index is 0.374. The first-order valence-electron chi connectivity index (χ1n) is 3.59. The first kappa shape index (κ1) is 6.81. The fourth-order valence-corrected chi connectivity index (χ4v) is 0.973. The Kier molecular flexibility index (Phi) is 2.29. The summed E-state index contributed by atoms with van der Waals surface area (Å²) in [4.78, 5) is 0. The Morgan fingerprint density at radius 2 is 2.33 bits per heavy atom. The van der Waals surface area contributed by atoms with Crippen LogP contribution >= 0.6 is 0 Å². The van der Waals surface area contributed by atoms with Gasteiger partial charge in [-0.1, -0.05) is 26.0 Å². The summed E-state index contributed by atoms with van der Waals surface area (Å²) < 4.78 is 5.45. The van der Waals surface area contributed by atoms with Gasteiger partial charge in [-0.3, -0.25) is 0 Å². The molecule has 0 aliphatic carbocycles. The lowest BCUT2D eigenvalue weighted by Gasteiger charge is -2.20. The average Bonchev–Trinajstić information content (AvgIpc) is 1.90. The molecule has 1 nitrogen and oxygen atoms in total. The zero-order valence-electron chi connectivity index (χ0n) is 6.13. The minimum atomic E-state index is 0.374. The van der Waals surface area contributed by atoms with Gasteiger partial charge >= 0.3 is 0 Å². The summed E-state index contributed by atoms with van der Waals surface area (Å²) in [5, 5.41) is 0. The summed E-state index contributed by atoms with van der Waals surface area (Å²) in [7, 11) is 0. The lowest BCUT2D eigenvalue weighted by atomic mass is 10.1. The van der Waals surface area contributed by atoms with Gasteiger partial charge in [-0.25, -0.2) is 0 Å². The lowest BCUT2D eigenvalue weighted by molar-refractivity contribution is 0.0501. The largest absolute Gasteiger partial charge is 0.374 e. The first-order valence-corrected chi connectivity index (χ1v) is 3.59. The van der Waals surface area contributed by atoms with Gasteiger partial charge < -0.3 is 4.74 Å². The Hall–Kier alpha value is -0.300. The highest BCUT2D eigenvalue weighted by molar-refractivity contribution is 4.94. The van der Waals surface area contributed by atoms with E-state index in [1.54, 1.807) is 0 Å². The van der Waals surface area contributed by atoms with Crippen molar-refractivity contribution in [2.75, 3.05) is 6.61 Å². The molecule has 1 aliphatic heterocycles. The van der Waals surface area contributed by atoms with E-state index in [9.17, 15) is 0 Å². The molecule has 0 saturated carbocycles. The molecule has 0 radical (unpaired) electrons. The molecule has 0 bridgehead atoms. The smallest absolute Gasteiger partial charge is 0.0778 e. The third kappa shape index (κ3) is 1.83. The van der Waals surface area contributed by atoms with Gasteiger partial charge in [-0.15, -0.1) is 0 Å². The van der Waals surface area contributed by atoms with Gasteiger partial charge in [0.15, 0.2) is 0 Å². The third-order valence-corrected chi connectivity index (χ3v) is 1.58. The zero-order chi connectivity index (χ0) is 6.69. The van der Waals surface area contributed by atoms with E-state index in [1.165, 1.54) is 0 Å². The molecule has 0 unspecified atom stereocenters. The Morgan fingerprint density at radius 1 is 1.56 bits per heavy atom. The van der Waals surface area contributed by atoms with Crippen LogP contribution < -0.4 is 0 Å². The zero-order valence-corrected chi connectivity index (χ0v) is 6.13. The molecule has 1 aliphatic rings. The second kappa shape index (κ2) is 3.02. The quantitative estimate of drug-likeness (QED) is 0.488. The van der Waals surface area contributed by atoms with E-state index in [4.69, 9.17) is 4.74 Å².